The van der Waals surface area contributed by atoms with Crippen LogP contribution < -0.4 is 15.5 Å². The van der Waals surface area contributed by atoms with Crippen LogP contribution in [-0.4, -0.2) is 41.8 Å². The third kappa shape index (κ3) is 3.47. The summed E-state index contributed by atoms with van der Waals surface area (Å²) in [6.07, 6.45) is 0.717. The average molecular weight is 281 g/mol. The highest BCUT2D eigenvalue weighted by atomic mass is 16.4. The lowest BCUT2D eigenvalue weighted by Crippen LogP contribution is -2.55. The number of nitrogens with zero attached hydrogens (tertiary/aromatic N) is 3. The molecule has 1 aromatic heterocycles. The number of hydrogen-bond donors (Lipinski definition) is 2. The number of aromatic nitrogens is 2. The topological polar surface area (TPSA) is 83.3 Å². The zero-order chi connectivity index (χ0) is 14.5. The van der Waals surface area contributed by atoms with E-state index in [1.54, 1.807) is 0 Å². The number of carbonyl (C=O) groups is 1. The number of nitrogens with one attached hydrogen (secondary N) is 2. The van der Waals surface area contributed by atoms with Crippen LogP contribution in [0, 0.1) is 5.92 Å². The Balaban J connectivity index is 1.98. The minimum absolute atomic E-state index is 0.0245. The third-order valence-electron chi connectivity index (χ3n) is 3.25. The summed E-state index contributed by atoms with van der Waals surface area (Å²) < 4.78 is 5.65. The molecule has 0 bridgehead atoms. The van der Waals surface area contributed by atoms with Gasteiger partial charge in [-0.2, -0.15) is 0 Å². The van der Waals surface area contributed by atoms with Gasteiger partial charge in [0.15, 0.2) is 0 Å². The van der Waals surface area contributed by atoms with Crippen LogP contribution in [0.1, 0.15) is 33.1 Å². The summed E-state index contributed by atoms with van der Waals surface area (Å²) in [6.45, 7) is 9.03. The molecular weight excluding hydrogens is 258 g/mol. The van der Waals surface area contributed by atoms with Crippen molar-refractivity contribution in [3.63, 3.8) is 0 Å². The molecule has 2 rings (SSSR count). The summed E-state index contributed by atoms with van der Waals surface area (Å²) >= 11 is 0. The number of anilines is 1. The van der Waals surface area contributed by atoms with Gasteiger partial charge in [0.1, 0.15) is 6.04 Å². The SMILES string of the molecule is CCC1C(=O)NCCN1c1nnc(CNCC(C)C)o1. The molecule has 112 valence electrons. The van der Waals surface area contributed by atoms with E-state index >= 15 is 0 Å². The molecule has 0 spiro atoms. The second kappa shape index (κ2) is 6.69. The number of carbonyl (C=O) groups excluding carboxylic acids is 1. The van der Waals surface area contributed by atoms with E-state index in [2.05, 4.69) is 34.7 Å². The Hall–Kier alpha value is -1.63. The fraction of sp³-hybridized carbons (Fsp3) is 0.769. The second-order valence-electron chi connectivity index (χ2n) is 5.41. The fourth-order valence-electron chi connectivity index (χ4n) is 2.25. The summed E-state index contributed by atoms with van der Waals surface area (Å²) in [4.78, 5) is 13.7. The molecule has 7 nitrogen and oxygen atoms in total. The molecule has 1 aliphatic heterocycles. The minimum atomic E-state index is -0.222. The number of amides is 1. The first-order valence-electron chi connectivity index (χ1n) is 7.19. The maximum absolute atomic E-state index is 11.8. The van der Waals surface area contributed by atoms with E-state index in [1.165, 1.54) is 0 Å². The van der Waals surface area contributed by atoms with Crippen molar-refractivity contribution in [2.45, 2.75) is 39.8 Å². The Morgan fingerprint density at radius 2 is 2.30 bits per heavy atom. The number of rotatable bonds is 6. The van der Waals surface area contributed by atoms with Crippen molar-refractivity contribution in [1.29, 1.82) is 0 Å². The second-order valence-corrected chi connectivity index (χ2v) is 5.41. The molecule has 0 aliphatic carbocycles. The van der Waals surface area contributed by atoms with Crippen LogP contribution in [0.5, 0.6) is 0 Å². The molecule has 0 aromatic carbocycles. The average Bonchev–Trinajstić information content (AvgIpc) is 2.86. The fourth-order valence-corrected chi connectivity index (χ4v) is 2.25. The van der Waals surface area contributed by atoms with Crippen molar-refractivity contribution < 1.29 is 9.21 Å². The van der Waals surface area contributed by atoms with Crippen LogP contribution in [0.3, 0.4) is 0 Å². The van der Waals surface area contributed by atoms with Gasteiger partial charge in [0, 0.05) is 13.1 Å². The summed E-state index contributed by atoms with van der Waals surface area (Å²) in [7, 11) is 0. The van der Waals surface area contributed by atoms with Gasteiger partial charge in [0.05, 0.1) is 6.54 Å². The van der Waals surface area contributed by atoms with Crippen LogP contribution in [0.25, 0.3) is 0 Å². The monoisotopic (exact) mass is 281 g/mol. The molecule has 2 heterocycles. The zero-order valence-corrected chi connectivity index (χ0v) is 12.3. The van der Waals surface area contributed by atoms with Gasteiger partial charge < -0.3 is 20.0 Å². The summed E-state index contributed by atoms with van der Waals surface area (Å²) in [6, 6.07) is 0.216. The summed E-state index contributed by atoms with van der Waals surface area (Å²) in [5.74, 6) is 1.16. The first kappa shape index (κ1) is 14.8. The van der Waals surface area contributed by atoms with E-state index < -0.39 is 0 Å². The normalized spacial score (nSPS) is 19.5. The highest BCUT2D eigenvalue weighted by Gasteiger charge is 2.31. The van der Waals surface area contributed by atoms with Crippen LogP contribution in [0.15, 0.2) is 4.42 Å². The van der Waals surface area contributed by atoms with Crippen molar-refractivity contribution >= 4 is 11.9 Å². The molecular formula is C13H23N5O2. The molecule has 2 N–H and O–H groups in total. The van der Waals surface area contributed by atoms with E-state index in [0.29, 0.717) is 37.5 Å². The number of hydrogen-bond acceptors (Lipinski definition) is 6. The van der Waals surface area contributed by atoms with Crippen LogP contribution in [0.4, 0.5) is 6.01 Å². The van der Waals surface area contributed by atoms with Crippen molar-refractivity contribution in [2.24, 2.45) is 5.92 Å². The smallest absolute Gasteiger partial charge is 0.318 e. The van der Waals surface area contributed by atoms with Crippen LogP contribution in [-0.2, 0) is 11.3 Å². The van der Waals surface area contributed by atoms with Gasteiger partial charge >= 0.3 is 6.01 Å². The zero-order valence-electron chi connectivity index (χ0n) is 12.3. The molecule has 0 saturated carbocycles. The van der Waals surface area contributed by atoms with E-state index in [0.717, 1.165) is 13.0 Å². The molecule has 1 atom stereocenters. The lowest BCUT2D eigenvalue weighted by Gasteiger charge is -2.32. The Morgan fingerprint density at radius 1 is 1.50 bits per heavy atom. The van der Waals surface area contributed by atoms with Gasteiger partial charge in [-0.1, -0.05) is 25.9 Å². The lowest BCUT2D eigenvalue weighted by atomic mass is 10.1. The molecule has 1 aliphatic rings. The van der Waals surface area contributed by atoms with Crippen LogP contribution in [0.2, 0.25) is 0 Å². The number of piperazine rings is 1. The molecule has 0 radical (unpaired) electrons. The first-order valence-corrected chi connectivity index (χ1v) is 7.19. The van der Waals surface area contributed by atoms with Crippen LogP contribution >= 0.6 is 0 Å². The molecule has 1 amide bonds. The molecule has 7 heteroatoms. The van der Waals surface area contributed by atoms with E-state index in [1.807, 2.05) is 11.8 Å². The lowest BCUT2D eigenvalue weighted by molar-refractivity contribution is -0.123. The van der Waals surface area contributed by atoms with Gasteiger partial charge in [-0.25, -0.2) is 0 Å². The Labute approximate surface area is 119 Å². The predicted octanol–water partition coefficient (Wildman–Crippen LogP) is 0.530. The van der Waals surface area contributed by atoms with Crippen molar-refractivity contribution in [3.05, 3.63) is 5.89 Å². The molecule has 1 saturated heterocycles. The van der Waals surface area contributed by atoms with Gasteiger partial charge in [-0.15, -0.1) is 5.10 Å². The van der Waals surface area contributed by atoms with Crippen molar-refractivity contribution in [1.82, 2.24) is 20.8 Å². The van der Waals surface area contributed by atoms with Gasteiger partial charge in [-0.3, -0.25) is 4.79 Å². The van der Waals surface area contributed by atoms with Gasteiger partial charge in [-0.05, 0) is 18.9 Å². The Bertz CT molecular complexity index is 446. The molecule has 20 heavy (non-hydrogen) atoms. The highest BCUT2D eigenvalue weighted by molar-refractivity contribution is 5.85. The molecule has 1 aromatic rings. The summed E-state index contributed by atoms with van der Waals surface area (Å²) in [5.41, 5.74) is 0. The van der Waals surface area contributed by atoms with E-state index in [-0.39, 0.29) is 11.9 Å². The third-order valence-corrected chi connectivity index (χ3v) is 3.25. The summed E-state index contributed by atoms with van der Waals surface area (Å²) in [5, 5.41) is 14.2. The largest absolute Gasteiger partial charge is 0.407 e. The maximum Gasteiger partial charge on any atom is 0.318 e. The molecule has 1 unspecified atom stereocenters. The highest BCUT2D eigenvalue weighted by Crippen LogP contribution is 2.18. The first-order chi connectivity index (χ1) is 9.61. The predicted molar refractivity (Wildman–Crippen MR) is 75.3 cm³/mol. The van der Waals surface area contributed by atoms with Crippen molar-refractivity contribution in [3.8, 4) is 0 Å². The van der Waals surface area contributed by atoms with Gasteiger partial charge in [0.25, 0.3) is 0 Å². The molecule has 1 fully saturated rings. The quantitative estimate of drug-likeness (QED) is 0.791. The van der Waals surface area contributed by atoms with E-state index in [4.69, 9.17) is 4.42 Å². The standard InChI is InChI=1S/C13H23N5O2/c1-4-10-12(19)15-5-6-18(10)13-17-16-11(20-13)8-14-7-9(2)3/h9-10,14H,4-8H2,1-3H3,(H,15,19). The van der Waals surface area contributed by atoms with E-state index in [9.17, 15) is 4.79 Å². The maximum atomic E-state index is 11.8. The Kier molecular flexibility index (Phi) is 4.94. The van der Waals surface area contributed by atoms with Gasteiger partial charge in [0.2, 0.25) is 11.8 Å². The minimum Gasteiger partial charge on any atom is -0.407 e. The van der Waals surface area contributed by atoms with Crippen molar-refractivity contribution in [2.75, 3.05) is 24.5 Å². The Morgan fingerprint density at radius 3 is 3.00 bits per heavy atom.